The van der Waals surface area contributed by atoms with Crippen LogP contribution < -0.4 is 9.47 Å². The highest BCUT2D eigenvalue weighted by molar-refractivity contribution is 7.86. The molecule has 1 fully saturated rings. The maximum absolute atomic E-state index is 12.6. The van der Waals surface area contributed by atoms with E-state index < -0.39 is 10.2 Å². The molecule has 140 valence electrons. The van der Waals surface area contributed by atoms with Gasteiger partial charge in [0.25, 0.3) is 10.2 Å². The Hall–Kier alpha value is -1.84. The van der Waals surface area contributed by atoms with Crippen LogP contribution in [-0.4, -0.2) is 82.3 Å². The molecule has 1 aliphatic heterocycles. The summed E-state index contributed by atoms with van der Waals surface area (Å²) < 4.78 is 37.3. The number of methoxy groups -OCH3 is 2. The van der Waals surface area contributed by atoms with Crippen LogP contribution in [0.4, 0.5) is 0 Å². The molecule has 0 unspecified atom stereocenters. The maximum atomic E-state index is 12.6. The number of hydrogen-bond donors (Lipinski definition) is 0. The zero-order chi connectivity index (χ0) is 18.6. The van der Waals surface area contributed by atoms with Crippen LogP contribution in [0, 0.1) is 0 Å². The van der Waals surface area contributed by atoms with Gasteiger partial charge >= 0.3 is 0 Å². The quantitative estimate of drug-likeness (QED) is 0.714. The topological polar surface area (TPSA) is 79.4 Å². The van der Waals surface area contributed by atoms with Gasteiger partial charge in [-0.05, 0) is 18.2 Å². The van der Waals surface area contributed by atoms with Gasteiger partial charge in [-0.1, -0.05) is 0 Å². The van der Waals surface area contributed by atoms with Gasteiger partial charge < -0.3 is 14.4 Å². The van der Waals surface area contributed by atoms with E-state index in [1.807, 2.05) is 0 Å². The van der Waals surface area contributed by atoms with E-state index in [9.17, 15) is 13.2 Å². The zero-order valence-electron chi connectivity index (χ0n) is 15.1. The van der Waals surface area contributed by atoms with Crippen molar-refractivity contribution in [2.45, 2.75) is 6.42 Å². The lowest BCUT2D eigenvalue weighted by molar-refractivity contribution is -0.131. The fraction of sp³-hybridized carbons (Fsp3) is 0.562. The number of benzene rings is 1. The highest BCUT2D eigenvalue weighted by Gasteiger charge is 2.30. The standard InChI is InChI=1S/C16H25N3O5S/c1-17(2)25(21,22)19-9-7-18(8-10-19)16(20)12-13-11-14(23-3)5-6-15(13)24-4/h5-6,11H,7-10,12H2,1-4H3. The lowest BCUT2D eigenvalue weighted by Crippen LogP contribution is -2.53. The van der Waals surface area contributed by atoms with E-state index in [-0.39, 0.29) is 12.3 Å². The third-order valence-electron chi connectivity index (χ3n) is 4.21. The normalized spacial score (nSPS) is 16.1. The monoisotopic (exact) mass is 371 g/mol. The molecule has 1 heterocycles. The molecule has 0 aromatic heterocycles. The second-order valence-corrected chi connectivity index (χ2v) is 8.07. The average molecular weight is 371 g/mol. The van der Waals surface area contributed by atoms with Crippen molar-refractivity contribution in [1.29, 1.82) is 0 Å². The first-order valence-electron chi connectivity index (χ1n) is 7.96. The van der Waals surface area contributed by atoms with Gasteiger partial charge in [0.05, 0.1) is 20.6 Å². The van der Waals surface area contributed by atoms with Crippen molar-refractivity contribution in [2.24, 2.45) is 0 Å². The molecular formula is C16H25N3O5S. The molecule has 1 aliphatic rings. The van der Waals surface area contributed by atoms with E-state index in [0.29, 0.717) is 37.7 Å². The van der Waals surface area contributed by atoms with Crippen molar-refractivity contribution < 1.29 is 22.7 Å². The van der Waals surface area contributed by atoms with Crippen molar-refractivity contribution in [3.8, 4) is 11.5 Å². The third-order valence-corrected chi connectivity index (χ3v) is 6.15. The number of amides is 1. The average Bonchev–Trinajstić information content (AvgIpc) is 2.61. The molecule has 0 saturated carbocycles. The molecule has 2 rings (SSSR count). The molecular weight excluding hydrogens is 346 g/mol. The van der Waals surface area contributed by atoms with Crippen molar-refractivity contribution in [1.82, 2.24) is 13.5 Å². The van der Waals surface area contributed by atoms with Crippen LogP contribution in [-0.2, 0) is 21.4 Å². The first-order chi connectivity index (χ1) is 11.8. The Morgan fingerprint density at radius 3 is 2.28 bits per heavy atom. The summed E-state index contributed by atoms with van der Waals surface area (Å²) in [5.74, 6) is 1.22. The molecule has 1 amide bonds. The summed E-state index contributed by atoms with van der Waals surface area (Å²) in [6, 6.07) is 5.32. The minimum Gasteiger partial charge on any atom is -0.497 e. The van der Waals surface area contributed by atoms with Gasteiger partial charge in [-0.25, -0.2) is 0 Å². The highest BCUT2D eigenvalue weighted by Crippen LogP contribution is 2.25. The molecule has 0 radical (unpaired) electrons. The van der Waals surface area contributed by atoms with Crippen LogP contribution >= 0.6 is 0 Å². The summed E-state index contributed by atoms with van der Waals surface area (Å²) in [7, 11) is 2.69. The Bertz CT molecular complexity index is 712. The number of carbonyl (C=O) groups excluding carboxylic acids is 1. The Kier molecular flexibility index (Phi) is 6.26. The molecule has 0 N–H and O–H groups in total. The second kappa shape index (κ2) is 8.03. The molecule has 25 heavy (non-hydrogen) atoms. The first kappa shape index (κ1) is 19.5. The van der Waals surface area contributed by atoms with E-state index in [4.69, 9.17) is 9.47 Å². The summed E-state index contributed by atoms with van der Waals surface area (Å²) in [6.45, 7) is 1.33. The van der Waals surface area contributed by atoms with Crippen LogP contribution in [0.3, 0.4) is 0 Å². The molecule has 1 saturated heterocycles. The Balaban J connectivity index is 2.02. The smallest absolute Gasteiger partial charge is 0.281 e. The highest BCUT2D eigenvalue weighted by atomic mass is 32.2. The number of piperazine rings is 1. The van der Waals surface area contributed by atoms with Gasteiger partial charge in [0.2, 0.25) is 5.91 Å². The van der Waals surface area contributed by atoms with E-state index in [2.05, 4.69) is 0 Å². The van der Waals surface area contributed by atoms with E-state index >= 15 is 0 Å². The van der Waals surface area contributed by atoms with Gasteiger partial charge in [-0.2, -0.15) is 17.0 Å². The minimum atomic E-state index is -3.44. The molecule has 1 aromatic carbocycles. The van der Waals surface area contributed by atoms with Crippen LogP contribution in [0.25, 0.3) is 0 Å². The predicted octanol–water partition coefficient (Wildman–Crippen LogP) is 0.197. The summed E-state index contributed by atoms with van der Waals surface area (Å²) in [4.78, 5) is 14.3. The summed E-state index contributed by atoms with van der Waals surface area (Å²) in [6.07, 6.45) is 0.181. The molecule has 0 bridgehead atoms. The Morgan fingerprint density at radius 2 is 1.76 bits per heavy atom. The van der Waals surface area contributed by atoms with Crippen LogP contribution in [0.15, 0.2) is 18.2 Å². The predicted molar refractivity (Wildman–Crippen MR) is 94.0 cm³/mol. The molecule has 1 aromatic rings. The van der Waals surface area contributed by atoms with Crippen LogP contribution in [0.5, 0.6) is 11.5 Å². The summed E-state index contributed by atoms with van der Waals surface area (Å²) in [5.41, 5.74) is 0.746. The van der Waals surface area contributed by atoms with E-state index in [0.717, 1.165) is 5.56 Å². The van der Waals surface area contributed by atoms with Crippen molar-refractivity contribution >= 4 is 16.1 Å². The molecule has 8 nitrogen and oxygen atoms in total. The van der Waals surface area contributed by atoms with Gasteiger partial charge in [0.1, 0.15) is 11.5 Å². The van der Waals surface area contributed by atoms with Gasteiger partial charge in [0.15, 0.2) is 0 Å². The lowest BCUT2D eigenvalue weighted by Gasteiger charge is -2.35. The SMILES string of the molecule is COc1ccc(OC)c(CC(=O)N2CCN(S(=O)(=O)N(C)C)CC2)c1. The van der Waals surface area contributed by atoms with Gasteiger partial charge in [-0.15, -0.1) is 0 Å². The Labute approximate surface area is 149 Å². The van der Waals surface area contributed by atoms with E-state index in [1.165, 1.54) is 22.7 Å². The summed E-state index contributed by atoms with van der Waals surface area (Å²) in [5, 5.41) is 0. The van der Waals surface area contributed by atoms with Crippen LogP contribution in [0.2, 0.25) is 0 Å². The number of hydrogen-bond acceptors (Lipinski definition) is 5. The molecule has 0 atom stereocenters. The number of nitrogens with zero attached hydrogens (tertiary/aromatic N) is 3. The van der Waals surface area contributed by atoms with Gasteiger partial charge in [0, 0.05) is 45.8 Å². The molecule has 0 aliphatic carbocycles. The lowest BCUT2D eigenvalue weighted by atomic mass is 10.1. The first-order valence-corrected chi connectivity index (χ1v) is 9.35. The largest absolute Gasteiger partial charge is 0.497 e. The zero-order valence-corrected chi connectivity index (χ0v) is 15.9. The number of ether oxygens (including phenoxy) is 2. The van der Waals surface area contributed by atoms with Crippen LogP contribution in [0.1, 0.15) is 5.56 Å². The fourth-order valence-electron chi connectivity index (χ4n) is 2.69. The third kappa shape index (κ3) is 4.42. The second-order valence-electron chi connectivity index (χ2n) is 5.92. The van der Waals surface area contributed by atoms with Crippen molar-refractivity contribution in [3.05, 3.63) is 23.8 Å². The maximum Gasteiger partial charge on any atom is 0.281 e. The van der Waals surface area contributed by atoms with Crippen molar-refractivity contribution in [3.63, 3.8) is 0 Å². The number of carbonyl (C=O) groups is 1. The summed E-state index contributed by atoms with van der Waals surface area (Å²) >= 11 is 0. The van der Waals surface area contributed by atoms with Gasteiger partial charge in [-0.3, -0.25) is 4.79 Å². The molecule has 0 spiro atoms. The Morgan fingerprint density at radius 1 is 1.12 bits per heavy atom. The molecule has 9 heteroatoms. The van der Waals surface area contributed by atoms with Crippen molar-refractivity contribution in [2.75, 3.05) is 54.5 Å². The van der Waals surface area contributed by atoms with E-state index in [1.54, 1.807) is 37.3 Å². The minimum absolute atomic E-state index is 0.0616. The fourth-order valence-corrected chi connectivity index (χ4v) is 3.78. The number of rotatable bonds is 6.